The Morgan fingerprint density at radius 1 is 1.55 bits per heavy atom. The van der Waals surface area contributed by atoms with Gasteiger partial charge in [0, 0.05) is 0 Å². The summed E-state index contributed by atoms with van der Waals surface area (Å²) in [6.07, 6.45) is -1.53. The van der Waals surface area contributed by atoms with E-state index in [-0.39, 0.29) is 0 Å². The van der Waals surface area contributed by atoms with E-state index in [1.165, 1.54) is 0 Å². The third kappa shape index (κ3) is 2.29. The third-order valence-electron chi connectivity index (χ3n) is 1.19. The van der Waals surface area contributed by atoms with Crippen molar-refractivity contribution in [1.82, 2.24) is 0 Å². The van der Waals surface area contributed by atoms with Gasteiger partial charge in [0.05, 0.1) is 5.75 Å². The first kappa shape index (κ1) is 7.60. The highest BCUT2D eigenvalue weighted by atomic mass is 16.7. The first-order valence-corrected chi connectivity index (χ1v) is 3.14. The number of hydrogen-bond donors (Lipinski definition) is 0. The molecule has 0 heterocycles. The maximum atomic E-state index is 9.95. The largest absolute Gasteiger partial charge is 0.514 e. The fraction of sp³-hybridized carbons (Fsp3) is 0.125. The minimum atomic E-state index is -1.53. The van der Waals surface area contributed by atoms with E-state index in [4.69, 9.17) is 0 Å². The number of hydrogen-bond acceptors (Lipinski definition) is 3. The molecule has 0 N–H and O–H groups in total. The molecule has 3 nitrogen and oxygen atoms in total. The molecule has 0 aliphatic heterocycles. The van der Waals surface area contributed by atoms with Crippen LogP contribution in [0.15, 0.2) is 24.3 Å². The van der Waals surface area contributed by atoms with Gasteiger partial charge in [-0.2, -0.15) is 0 Å². The Hall–Kier alpha value is -1.51. The van der Waals surface area contributed by atoms with Crippen LogP contribution in [0.5, 0.6) is 5.75 Å². The molecule has 0 atom stereocenters. The second-order valence-corrected chi connectivity index (χ2v) is 2.17. The molecule has 0 spiro atoms. The van der Waals surface area contributed by atoms with E-state index in [0.29, 0.717) is 5.75 Å². The zero-order valence-corrected chi connectivity index (χ0v) is 6.03. The smallest absolute Gasteiger partial charge is 0.257 e. The van der Waals surface area contributed by atoms with Gasteiger partial charge < -0.3 is 14.6 Å². The summed E-state index contributed by atoms with van der Waals surface area (Å²) >= 11 is 0. The summed E-state index contributed by atoms with van der Waals surface area (Å²) in [5.74, 6) is 0.296. The van der Waals surface area contributed by atoms with E-state index in [0.717, 1.165) is 5.56 Å². The number of carbonyl (C=O) groups is 1. The molecule has 0 bridgehead atoms. The summed E-state index contributed by atoms with van der Waals surface area (Å²) in [4.78, 5) is 9.95. The van der Waals surface area contributed by atoms with Gasteiger partial charge in [-0.3, -0.25) is 0 Å². The van der Waals surface area contributed by atoms with Crippen LogP contribution in [0, 0.1) is 6.92 Å². The van der Waals surface area contributed by atoms with Gasteiger partial charge in [0.2, 0.25) is 0 Å². The zero-order valence-electron chi connectivity index (χ0n) is 6.03. The average Bonchev–Trinajstić information content (AvgIpc) is 1.85. The number of carboxylic acid groups (broad SMARTS) is 1. The molecule has 0 aliphatic carbocycles. The van der Waals surface area contributed by atoms with Crippen LogP contribution < -0.4 is 9.84 Å². The maximum Gasteiger partial charge on any atom is 0.257 e. The van der Waals surface area contributed by atoms with E-state index >= 15 is 0 Å². The molecule has 3 heteroatoms. The lowest BCUT2D eigenvalue weighted by Crippen LogP contribution is -2.26. The van der Waals surface area contributed by atoms with Crippen molar-refractivity contribution in [2.45, 2.75) is 6.92 Å². The van der Waals surface area contributed by atoms with Gasteiger partial charge in [0.15, 0.2) is 0 Å². The minimum Gasteiger partial charge on any atom is -0.514 e. The van der Waals surface area contributed by atoms with Gasteiger partial charge in [-0.15, -0.1) is 0 Å². The Kier molecular flexibility index (Phi) is 2.11. The number of carbonyl (C=O) groups excluding carboxylic acids is 1. The molecule has 0 unspecified atom stereocenters. The summed E-state index contributed by atoms with van der Waals surface area (Å²) in [6, 6.07) is 6.74. The van der Waals surface area contributed by atoms with Crippen LogP contribution in [0.2, 0.25) is 0 Å². The van der Waals surface area contributed by atoms with Gasteiger partial charge in [-0.05, 0) is 24.6 Å². The van der Waals surface area contributed by atoms with E-state index in [2.05, 4.69) is 4.74 Å². The summed E-state index contributed by atoms with van der Waals surface area (Å²) in [6.45, 7) is 1.85. The molecule has 0 aromatic heterocycles. The van der Waals surface area contributed by atoms with E-state index < -0.39 is 6.16 Å². The summed E-state index contributed by atoms with van der Waals surface area (Å²) in [7, 11) is 0. The Labute approximate surface area is 64.2 Å². The van der Waals surface area contributed by atoms with Crippen LogP contribution >= 0.6 is 0 Å². The highest BCUT2D eigenvalue weighted by molar-refractivity contribution is 5.58. The summed E-state index contributed by atoms with van der Waals surface area (Å²) in [5, 5.41) is 9.95. The normalized spacial score (nSPS) is 9.18. The Morgan fingerprint density at radius 3 is 2.82 bits per heavy atom. The molecule has 11 heavy (non-hydrogen) atoms. The lowest BCUT2D eigenvalue weighted by molar-refractivity contribution is -0.271. The van der Waals surface area contributed by atoms with Crippen molar-refractivity contribution in [1.29, 1.82) is 0 Å². The van der Waals surface area contributed by atoms with Gasteiger partial charge in [0.1, 0.15) is 0 Å². The lowest BCUT2D eigenvalue weighted by Gasteiger charge is -2.07. The van der Waals surface area contributed by atoms with E-state index in [9.17, 15) is 9.90 Å². The molecule has 1 aromatic rings. The number of benzene rings is 1. The number of aryl methyl sites for hydroxylation is 1. The maximum absolute atomic E-state index is 9.95. The average molecular weight is 151 g/mol. The van der Waals surface area contributed by atoms with Crippen LogP contribution in [0.1, 0.15) is 5.56 Å². The fourth-order valence-corrected chi connectivity index (χ4v) is 0.775. The van der Waals surface area contributed by atoms with E-state index in [1.807, 2.05) is 13.0 Å². The van der Waals surface area contributed by atoms with Crippen LogP contribution in [-0.4, -0.2) is 6.16 Å². The fourth-order valence-electron chi connectivity index (χ4n) is 0.775. The zero-order chi connectivity index (χ0) is 8.27. The topological polar surface area (TPSA) is 49.4 Å². The van der Waals surface area contributed by atoms with Gasteiger partial charge in [-0.25, -0.2) is 0 Å². The Balaban J connectivity index is 2.79. The van der Waals surface area contributed by atoms with Crippen LogP contribution in [-0.2, 0) is 0 Å². The Morgan fingerprint density at radius 2 is 2.27 bits per heavy atom. The second kappa shape index (κ2) is 3.05. The number of ether oxygens (including phenoxy) is 1. The van der Waals surface area contributed by atoms with Gasteiger partial charge in [0.25, 0.3) is 6.16 Å². The van der Waals surface area contributed by atoms with Crippen molar-refractivity contribution in [2.24, 2.45) is 0 Å². The molecular formula is C8H7O3-. The molecule has 1 aromatic carbocycles. The van der Waals surface area contributed by atoms with Crippen LogP contribution in [0.3, 0.4) is 0 Å². The van der Waals surface area contributed by atoms with Gasteiger partial charge >= 0.3 is 0 Å². The molecule has 0 aliphatic rings. The van der Waals surface area contributed by atoms with Crippen molar-refractivity contribution in [3.05, 3.63) is 29.8 Å². The van der Waals surface area contributed by atoms with E-state index in [1.54, 1.807) is 18.2 Å². The van der Waals surface area contributed by atoms with Crippen molar-refractivity contribution in [3.63, 3.8) is 0 Å². The Bertz CT molecular complexity index is 268. The van der Waals surface area contributed by atoms with Crippen molar-refractivity contribution in [2.75, 3.05) is 0 Å². The predicted molar refractivity (Wildman–Crippen MR) is 37.2 cm³/mol. The van der Waals surface area contributed by atoms with Crippen molar-refractivity contribution < 1.29 is 14.6 Å². The first-order valence-electron chi connectivity index (χ1n) is 3.14. The molecule has 0 amide bonds. The van der Waals surface area contributed by atoms with Crippen LogP contribution in [0.25, 0.3) is 0 Å². The molecule has 0 fully saturated rings. The minimum absolute atomic E-state index is 0.296. The molecular weight excluding hydrogens is 144 g/mol. The lowest BCUT2D eigenvalue weighted by atomic mass is 10.2. The number of rotatable bonds is 1. The van der Waals surface area contributed by atoms with Crippen molar-refractivity contribution in [3.8, 4) is 5.75 Å². The quantitative estimate of drug-likeness (QED) is 0.439. The van der Waals surface area contributed by atoms with Crippen molar-refractivity contribution >= 4 is 6.16 Å². The molecule has 0 saturated heterocycles. The summed E-state index contributed by atoms with van der Waals surface area (Å²) < 4.78 is 4.30. The highest BCUT2D eigenvalue weighted by Gasteiger charge is 1.89. The molecule has 0 saturated carbocycles. The molecule has 58 valence electrons. The monoisotopic (exact) mass is 151 g/mol. The first-order chi connectivity index (χ1) is 5.18. The van der Waals surface area contributed by atoms with Gasteiger partial charge in [-0.1, -0.05) is 12.1 Å². The third-order valence-corrected chi connectivity index (χ3v) is 1.19. The molecule has 0 radical (unpaired) electrons. The highest BCUT2D eigenvalue weighted by Crippen LogP contribution is 2.11. The molecule has 1 rings (SSSR count). The van der Waals surface area contributed by atoms with Crippen LogP contribution in [0.4, 0.5) is 4.79 Å². The predicted octanol–water partition coefficient (Wildman–Crippen LogP) is 0.717. The summed E-state index contributed by atoms with van der Waals surface area (Å²) in [5.41, 5.74) is 0.948. The second-order valence-electron chi connectivity index (χ2n) is 2.17. The standard InChI is InChI=1S/C8H8O3/c1-6-3-2-4-7(5-6)11-8(9)10/h2-5H,1H3,(H,9,10)/p-1. The SMILES string of the molecule is Cc1cccc(OC(=O)[O-])c1.